The minimum absolute atomic E-state index is 0. The minimum atomic E-state index is -1.12. The highest BCUT2D eigenvalue weighted by molar-refractivity contribution is 5.96. The van der Waals surface area contributed by atoms with Crippen molar-refractivity contribution in [3.8, 4) is 0 Å². The van der Waals surface area contributed by atoms with Gasteiger partial charge in [-0.05, 0) is 49.6 Å². The first-order valence-electron chi connectivity index (χ1n) is 9.79. The molecule has 0 aliphatic heterocycles. The third-order valence-corrected chi connectivity index (χ3v) is 4.42. The zero-order valence-electron chi connectivity index (χ0n) is 17.0. The molecule has 1 aromatic carbocycles. The van der Waals surface area contributed by atoms with Gasteiger partial charge in [0.15, 0.2) is 0 Å². The third-order valence-electron chi connectivity index (χ3n) is 4.42. The number of halogens is 1. The molecule has 0 spiro atoms. The van der Waals surface area contributed by atoms with Crippen LogP contribution in [0.3, 0.4) is 0 Å². The van der Waals surface area contributed by atoms with Crippen LogP contribution in [0.5, 0.6) is 0 Å². The molecular weight excluding hydrogens is 422 g/mol. The van der Waals surface area contributed by atoms with Gasteiger partial charge in [-0.2, -0.15) is 0 Å². The van der Waals surface area contributed by atoms with E-state index in [1.165, 1.54) is 18.4 Å². The zero-order chi connectivity index (χ0) is 21.8. The smallest absolute Gasteiger partial charge is 0.326 e. The number of carbonyl (C=O) groups is 3. The van der Waals surface area contributed by atoms with Gasteiger partial charge >= 0.3 is 5.97 Å². The molecule has 0 saturated carbocycles. The summed E-state index contributed by atoms with van der Waals surface area (Å²) < 4.78 is 5.14. The molecule has 0 radical (unpaired) electrons. The van der Waals surface area contributed by atoms with Crippen molar-refractivity contribution in [2.45, 2.75) is 37.8 Å². The number of amides is 2. The van der Waals surface area contributed by atoms with E-state index in [1.54, 1.807) is 12.1 Å². The number of carboxylic acid groups (broad SMARTS) is 1. The molecule has 1 heterocycles. The highest BCUT2D eigenvalue weighted by Crippen LogP contribution is 2.07. The molecule has 5 N–H and O–H groups in total. The number of hydrogen-bond acceptors (Lipinski definition) is 5. The lowest BCUT2D eigenvalue weighted by Crippen LogP contribution is -2.52. The van der Waals surface area contributed by atoms with Crippen molar-refractivity contribution in [3.05, 3.63) is 66.1 Å². The van der Waals surface area contributed by atoms with Gasteiger partial charge in [-0.15, -0.1) is 12.4 Å². The van der Waals surface area contributed by atoms with E-state index < -0.39 is 29.9 Å². The first-order chi connectivity index (χ1) is 14.5. The van der Waals surface area contributed by atoms with E-state index in [-0.39, 0.29) is 25.2 Å². The van der Waals surface area contributed by atoms with Crippen molar-refractivity contribution in [1.82, 2.24) is 10.6 Å². The quantitative estimate of drug-likeness (QED) is 0.289. The Labute approximate surface area is 187 Å². The zero-order valence-corrected chi connectivity index (χ0v) is 17.8. The molecule has 0 aliphatic rings. The molecular formula is C22H28ClN3O5. The molecule has 2 atom stereocenters. The Balaban J connectivity index is 0.00000480. The first kappa shape index (κ1) is 25.9. The summed E-state index contributed by atoms with van der Waals surface area (Å²) in [5, 5.41) is 14.6. The molecule has 2 amide bonds. The van der Waals surface area contributed by atoms with Gasteiger partial charge in [-0.25, -0.2) is 4.79 Å². The molecule has 168 valence electrons. The molecule has 31 heavy (non-hydrogen) atoms. The summed E-state index contributed by atoms with van der Waals surface area (Å²) in [6, 6.07) is 10.6. The second-order valence-electron chi connectivity index (χ2n) is 6.78. The number of aliphatic carboxylic acids is 1. The maximum Gasteiger partial charge on any atom is 0.326 e. The predicted molar refractivity (Wildman–Crippen MR) is 120 cm³/mol. The average Bonchev–Trinajstić information content (AvgIpc) is 3.25. The summed E-state index contributed by atoms with van der Waals surface area (Å²) >= 11 is 0. The predicted octanol–water partition coefficient (Wildman–Crippen LogP) is 2.14. The summed E-state index contributed by atoms with van der Waals surface area (Å²) in [4.78, 5) is 36.6. The van der Waals surface area contributed by atoms with E-state index >= 15 is 0 Å². The largest absolute Gasteiger partial charge is 0.480 e. The van der Waals surface area contributed by atoms with Crippen LogP contribution in [0, 0.1) is 0 Å². The Morgan fingerprint density at radius 3 is 2.39 bits per heavy atom. The Morgan fingerprint density at radius 2 is 1.77 bits per heavy atom. The Hall–Kier alpha value is -3.10. The number of furan rings is 1. The molecule has 0 saturated heterocycles. The van der Waals surface area contributed by atoms with E-state index in [0.29, 0.717) is 25.1 Å². The van der Waals surface area contributed by atoms with Gasteiger partial charge in [-0.1, -0.05) is 30.3 Å². The Kier molecular flexibility index (Phi) is 11.7. The van der Waals surface area contributed by atoms with Crippen molar-refractivity contribution >= 4 is 36.3 Å². The topological polar surface area (TPSA) is 135 Å². The standard InChI is InChI=1S/C22H27N3O5.ClH/c23-13-5-4-10-18(22(28)29)25-21(27)19(15-16-7-2-1-3-8-16)24-20(26)12-11-17-9-6-14-30-17;/h1-3,6-9,11-12,14,18-19H,4-5,10,13,15,23H2,(H,24,26)(H,25,27)(H,28,29);1H/t18-,19-;/m0./s1. The van der Waals surface area contributed by atoms with E-state index in [0.717, 1.165) is 5.56 Å². The van der Waals surface area contributed by atoms with E-state index in [1.807, 2.05) is 30.3 Å². The summed E-state index contributed by atoms with van der Waals surface area (Å²) in [6.07, 6.45) is 5.97. The van der Waals surface area contributed by atoms with E-state index in [9.17, 15) is 19.5 Å². The van der Waals surface area contributed by atoms with Crippen LogP contribution in [0.15, 0.2) is 59.2 Å². The number of rotatable bonds is 12. The number of hydrogen-bond donors (Lipinski definition) is 4. The lowest BCUT2D eigenvalue weighted by atomic mass is 10.0. The van der Waals surface area contributed by atoms with E-state index in [2.05, 4.69) is 10.6 Å². The minimum Gasteiger partial charge on any atom is -0.480 e. The van der Waals surface area contributed by atoms with Gasteiger partial charge in [0, 0.05) is 12.5 Å². The fourth-order valence-corrected chi connectivity index (χ4v) is 2.85. The van der Waals surface area contributed by atoms with Crippen molar-refractivity contribution in [1.29, 1.82) is 0 Å². The molecule has 9 heteroatoms. The van der Waals surface area contributed by atoms with Gasteiger partial charge < -0.3 is 25.9 Å². The van der Waals surface area contributed by atoms with Crippen LogP contribution < -0.4 is 16.4 Å². The SMILES string of the molecule is Cl.NCCCC[C@H](NC(=O)[C@H](Cc1ccccc1)NC(=O)C=Cc1ccco1)C(=O)O. The lowest BCUT2D eigenvalue weighted by molar-refractivity contribution is -0.142. The maximum absolute atomic E-state index is 12.8. The lowest BCUT2D eigenvalue weighted by Gasteiger charge is -2.21. The third kappa shape index (κ3) is 9.50. The number of carboxylic acids is 1. The highest BCUT2D eigenvalue weighted by Gasteiger charge is 2.26. The first-order valence-corrected chi connectivity index (χ1v) is 9.79. The van der Waals surface area contributed by atoms with Gasteiger partial charge in [-0.3, -0.25) is 9.59 Å². The number of unbranched alkanes of at least 4 members (excludes halogenated alkanes) is 1. The van der Waals surface area contributed by atoms with Crippen LogP contribution >= 0.6 is 12.4 Å². The molecule has 8 nitrogen and oxygen atoms in total. The monoisotopic (exact) mass is 449 g/mol. The number of benzene rings is 1. The van der Waals surface area contributed by atoms with Gasteiger partial charge in [0.25, 0.3) is 0 Å². The van der Waals surface area contributed by atoms with Crippen LogP contribution in [0.4, 0.5) is 0 Å². The van der Waals surface area contributed by atoms with Gasteiger partial charge in [0.1, 0.15) is 17.8 Å². The Bertz CT molecular complexity index is 840. The van der Waals surface area contributed by atoms with Crippen molar-refractivity contribution < 1.29 is 23.9 Å². The second-order valence-corrected chi connectivity index (χ2v) is 6.78. The average molecular weight is 450 g/mol. The number of nitrogens with two attached hydrogens (primary N) is 1. The summed E-state index contributed by atoms with van der Waals surface area (Å²) in [5.74, 6) is -1.67. The highest BCUT2D eigenvalue weighted by atomic mass is 35.5. The maximum atomic E-state index is 12.8. The van der Waals surface area contributed by atoms with Crippen LogP contribution in [0.2, 0.25) is 0 Å². The molecule has 1 aromatic heterocycles. The molecule has 0 unspecified atom stereocenters. The normalized spacial score (nSPS) is 12.5. The molecule has 0 fully saturated rings. The number of nitrogens with one attached hydrogen (secondary N) is 2. The van der Waals surface area contributed by atoms with Gasteiger partial charge in [0.05, 0.1) is 6.26 Å². The van der Waals surface area contributed by atoms with Crippen molar-refractivity contribution in [2.24, 2.45) is 5.73 Å². The summed E-state index contributed by atoms with van der Waals surface area (Å²) in [7, 11) is 0. The van der Waals surface area contributed by atoms with Crippen LogP contribution in [0.25, 0.3) is 6.08 Å². The Morgan fingerprint density at radius 1 is 1.03 bits per heavy atom. The van der Waals surface area contributed by atoms with Crippen molar-refractivity contribution in [3.63, 3.8) is 0 Å². The van der Waals surface area contributed by atoms with Crippen LogP contribution in [0.1, 0.15) is 30.6 Å². The molecule has 2 rings (SSSR count). The van der Waals surface area contributed by atoms with Gasteiger partial charge in [0.2, 0.25) is 11.8 Å². The summed E-state index contributed by atoms with van der Waals surface area (Å²) in [6.45, 7) is 0.453. The molecule has 0 aliphatic carbocycles. The second kappa shape index (κ2) is 14.0. The fraction of sp³-hybridized carbons (Fsp3) is 0.318. The fourth-order valence-electron chi connectivity index (χ4n) is 2.85. The molecule has 0 bridgehead atoms. The van der Waals surface area contributed by atoms with E-state index in [4.69, 9.17) is 10.2 Å². The van der Waals surface area contributed by atoms with Crippen molar-refractivity contribution in [2.75, 3.05) is 6.54 Å². The van der Waals surface area contributed by atoms with Crippen LogP contribution in [-0.2, 0) is 20.8 Å². The van der Waals surface area contributed by atoms with Crippen LogP contribution in [-0.4, -0.2) is 41.5 Å². The molecule has 2 aromatic rings. The summed E-state index contributed by atoms with van der Waals surface area (Å²) in [5.41, 5.74) is 6.29. The number of carbonyl (C=O) groups excluding carboxylic acids is 2.